The van der Waals surface area contributed by atoms with Crippen molar-refractivity contribution in [2.75, 3.05) is 22.1 Å². The normalized spacial score (nSPS) is 12.0. The molecule has 92 valence electrons. The Hall–Kier alpha value is 1.60. The Morgan fingerprint density at radius 3 is 1.53 bits per heavy atom. The first kappa shape index (κ1) is 16.6. The van der Waals surface area contributed by atoms with E-state index in [0.717, 1.165) is 25.3 Å². The van der Waals surface area contributed by atoms with Crippen molar-refractivity contribution in [1.29, 1.82) is 0 Å². The van der Waals surface area contributed by atoms with Gasteiger partial charge in [0.1, 0.15) is 0 Å². The molecular weight excluding hydrogens is 434 g/mol. The van der Waals surface area contributed by atoms with Crippen LogP contribution in [-0.2, 0) is 8.85 Å². The Balaban J connectivity index is 4.26. The third-order valence-electron chi connectivity index (χ3n) is 2.20. The molecule has 15 heavy (non-hydrogen) atoms. The zero-order valence-electron chi connectivity index (χ0n) is 9.73. The summed E-state index contributed by atoms with van der Waals surface area (Å²) in [6, 6.07) is 2.32. The van der Waals surface area contributed by atoms with E-state index in [0.29, 0.717) is 0 Å². The van der Waals surface area contributed by atoms with Gasteiger partial charge in [-0.25, -0.2) is 0 Å². The molecule has 0 saturated carbocycles. The standard InChI is InChI=1S/C10H22I2O2Si/c1-3-13-15(14-4-2,9-5-7-11)10-6-8-12/h3-10H2,1-2H3. The lowest BCUT2D eigenvalue weighted by Crippen LogP contribution is -2.42. The minimum atomic E-state index is -1.85. The summed E-state index contributed by atoms with van der Waals surface area (Å²) >= 11 is 4.86. The molecule has 0 radical (unpaired) electrons. The Kier molecular flexibility index (Phi) is 11.9. The minimum Gasteiger partial charge on any atom is -0.394 e. The second kappa shape index (κ2) is 10.7. The molecule has 0 spiro atoms. The fraction of sp³-hybridized carbons (Fsp3) is 1.00. The quantitative estimate of drug-likeness (QED) is 0.280. The van der Waals surface area contributed by atoms with Gasteiger partial charge in [0.05, 0.1) is 0 Å². The third-order valence-corrected chi connectivity index (χ3v) is 7.58. The maximum Gasteiger partial charge on any atom is 0.338 e. The van der Waals surface area contributed by atoms with E-state index >= 15 is 0 Å². The lowest BCUT2D eigenvalue weighted by Gasteiger charge is -2.29. The maximum atomic E-state index is 5.98. The molecule has 0 aromatic rings. The van der Waals surface area contributed by atoms with Crippen molar-refractivity contribution in [3.63, 3.8) is 0 Å². The van der Waals surface area contributed by atoms with Crippen LogP contribution in [0.2, 0.25) is 12.1 Å². The summed E-state index contributed by atoms with van der Waals surface area (Å²) in [6.07, 6.45) is 2.46. The first-order valence-corrected chi connectivity index (χ1v) is 10.9. The van der Waals surface area contributed by atoms with Gasteiger partial charge in [-0.15, -0.1) is 0 Å². The number of hydrogen-bond acceptors (Lipinski definition) is 2. The van der Waals surface area contributed by atoms with Crippen LogP contribution in [-0.4, -0.2) is 30.6 Å². The molecule has 2 nitrogen and oxygen atoms in total. The fourth-order valence-corrected chi connectivity index (χ4v) is 7.25. The van der Waals surface area contributed by atoms with E-state index in [-0.39, 0.29) is 0 Å². The van der Waals surface area contributed by atoms with Crippen LogP contribution < -0.4 is 0 Å². The minimum absolute atomic E-state index is 0.800. The molecule has 0 unspecified atom stereocenters. The molecular formula is C10H22I2O2Si. The average molecular weight is 456 g/mol. The van der Waals surface area contributed by atoms with E-state index in [1.54, 1.807) is 0 Å². The maximum absolute atomic E-state index is 5.98. The van der Waals surface area contributed by atoms with Crippen LogP contribution in [0.3, 0.4) is 0 Å². The van der Waals surface area contributed by atoms with E-state index < -0.39 is 8.56 Å². The van der Waals surface area contributed by atoms with E-state index in [1.807, 2.05) is 0 Å². The fourth-order valence-electron chi connectivity index (χ4n) is 1.65. The number of rotatable bonds is 10. The van der Waals surface area contributed by atoms with Gasteiger partial charge in [-0.05, 0) is 47.6 Å². The van der Waals surface area contributed by atoms with E-state index in [1.165, 1.54) is 21.7 Å². The molecule has 0 aliphatic heterocycles. The molecule has 0 aliphatic carbocycles. The molecule has 0 bridgehead atoms. The van der Waals surface area contributed by atoms with Crippen molar-refractivity contribution in [1.82, 2.24) is 0 Å². The van der Waals surface area contributed by atoms with Crippen LogP contribution in [0.15, 0.2) is 0 Å². The predicted molar refractivity (Wildman–Crippen MR) is 85.6 cm³/mol. The van der Waals surface area contributed by atoms with Crippen LogP contribution in [0.1, 0.15) is 26.7 Å². The van der Waals surface area contributed by atoms with Gasteiger partial charge in [0.25, 0.3) is 0 Å². The Labute approximate surface area is 122 Å². The number of halogens is 2. The smallest absolute Gasteiger partial charge is 0.338 e. The van der Waals surface area contributed by atoms with E-state index in [9.17, 15) is 0 Å². The highest BCUT2D eigenvalue weighted by molar-refractivity contribution is 14.1. The molecule has 0 amide bonds. The zero-order chi connectivity index (χ0) is 11.6. The van der Waals surface area contributed by atoms with Gasteiger partial charge in [-0.2, -0.15) is 0 Å². The molecule has 0 N–H and O–H groups in total. The molecule has 0 fully saturated rings. The first-order valence-electron chi connectivity index (χ1n) is 5.64. The van der Waals surface area contributed by atoms with E-state index in [2.05, 4.69) is 59.0 Å². The van der Waals surface area contributed by atoms with Crippen LogP contribution in [0.4, 0.5) is 0 Å². The summed E-state index contributed by atoms with van der Waals surface area (Å²) in [5.41, 5.74) is 0. The highest BCUT2D eigenvalue weighted by Gasteiger charge is 2.35. The third kappa shape index (κ3) is 7.51. The summed E-state index contributed by atoms with van der Waals surface area (Å²) in [5, 5.41) is 0. The van der Waals surface area contributed by atoms with Crippen molar-refractivity contribution in [2.45, 2.75) is 38.8 Å². The molecule has 0 saturated heterocycles. The first-order chi connectivity index (χ1) is 7.24. The Morgan fingerprint density at radius 1 is 0.867 bits per heavy atom. The van der Waals surface area contributed by atoms with Crippen LogP contribution in [0.5, 0.6) is 0 Å². The predicted octanol–water partition coefficient (Wildman–Crippen LogP) is 4.15. The summed E-state index contributed by atoms with van der Waals surface area (Å²) in [5.74, 6) is 0. The van der Waals surface area contributed by atoms with Crippen molar-refractivity contribution >= 4 is 53.7 Å². The molecule has 0 atom stereocenters. The summed E-state index contributed by atoms with van der Waals surface area (Å²) < 4.78 is 14.4. The molecule has 0 aromatic carbocycles. The Bertz CT molecular complexity index is 131. The van der Waals surface area contributed by atoms with Crippen LogP contribution in [0.25, 0.3) is 0 Å². The monoisotopic (exact) mass is 456 g/mol. The van der Waals surface area contributed by atoms with Gasteiger partial charge in [-0.1, -0.05) is 45.2 Å². The molecule has 0 aliphatic rings. The SMILES string of the molecule is CCO[Si](CCCI)(CCCI)OCC. The van der Waals surface area contributed by atoms with Crippen molar-refractivity contribution in [3.05, 3.63) is 0 Å². The summed E-state index contributed by atoms with van der Waals surface area (Å²) in [6.45, 7) is 5.76. The van der Waals surface area contributed by atoms with Gasteiger partial charge in [0.15, 0.2) is 0 Å². The van der Waals surface area contributed by atoms with Gasteiger partial charge in [0.2, 0.25) is 0 Å². The van der Waals surface area contributed by atoms with Crippen LogP contribution >= 0.6 is 45.2 Å². The topological polar surface area (TPSA) is 18.5 Å². The largest absolute Gasteiger partial charge is 0.394 e. The Morgan fingerprint density at radius 2 is 1.27 bits per heavy atom. The lowest BCUT2D eigenvalue weighted by molar-refractivity contribution is 0.182. The highest BCUT2D eigenvalue weighted by Crippen LogP contribution is 2.24. The van der Waals surface area contributed by atoms with Crippen molar-refractivity contribution in [3.8, 4) is 0 Å². The molecule has 5 heteroatoms. The van der Waals surface area contributed by atoms with Gasteiger partial charge < -0.3 is 8.85 Å². The molecule has 0 aromatic heterocycles. The van der Waals surface area contributed by atoms with E-state index in [4.69, 9.17) is 8.85 Å². The van der Waals surface area contributed by atoms with Crippen molar-refractivity contribution in [2.24, 2.45) is 0 Å². The summed E-state index contributed by atoms with van der Waals surface area (Å²) in [7, 11) is -1.85. The number of alkyl halides is 2. The summed E-state index contributed by atoms with van der Waals surface area (Å²) in [4.78, 5) is 0. The second-order valence-electron chi connectivity index (χ2n) is 3.36. The van der Waals surface area contributed by atoms with Crippen molar-refractivity contribution < 1.29 is 8.85 Å². The van der Waals surface area contributed by atoms with Crippen LogP contribution in [0, 0.1) is 0 Å². The highest BCUT2D eigenvalue weighted by atomic mass is 127. The number of hydrogen-bond donors (Lipinski definition) is 0. The van der Waals surface area contributed by atoms with Gasteiger partial charge >= 0.3 is 8.56 Å². The van der Waals surface area contributed by atoms with Gasteiger partial charge in [0, 0.05) is 13.2 Å². The lowest BCUT2D eigenvalue weighted by atomic mass is 10.6. The average Bonchev–Trinajstić information content (AvgIpc) is 2.24. The molecule has 0 heterocycles. The zero-order valence-corrected chi connectivity index (χ0v) is 15.0. The molecule has 0 rings (SSSR count). The van der Waals surface area contributed by atoms with Gasteiger partial charge in [-0.3, -0.25) is 0 Å². The second-order valence-corrected chi connectivity index (χ2v) is 8.92.